The Hall–Kier alpha value is -3.29. The SMILES string of the molecule is O=C(O)CC1CCc2c1[nH]c1ccc(OCc3ccc(C4CCC(=O)C4)c(C(F)(F)F)c3)cc21. The molecule has 2 atom stereocenters. The molecular formula is C26H24F3NO4. The van der Waals surface area contributed by atoms with Crippen LogP contribution in [-0.4, -0.2) is 21.8 Å². The second-order valence-corrected chi connectivity index (χ2v) is 9.24. The second-order valence-electron chi connectivity index (χ2n) is 9.24. The van der Waals surface area contributed by atoms with Gasteiger partial charge in [-0.25, -0.2) is 0 Å². The van der Waals surface area contributed by atoms with Gasteiger partial charge in [-0.15, -0.1) is 0 Å². The fourth-order valence-corrected chi connectivity index (χ4v) is 5.37. The van der Waals surface area contributed by atoms with Crippen molar-refractivity contribution in [2.75, 3.05) is 0 Å². The summed E-state index contributed by atoms with van der Waals surface area (Å²) in [6.07, 6.45) is -1.94. The highest BCUT2D eigenvalue weighted by Crippen LogP contribution is 2.42. The van der Waals surface area contributed by atoms with Gasteiger partial charge in [-0.1, -0.05) is 12.1 Å². The van der Waals surface area contributed by atoms with E-state index in [1.807, 2.05) is 12.1 Å². The van der Waals surface area contributed by atoms with E-state index in [-0.39, 0.29) is 42.6 Å². The standard InChI is InChI=1S/C26H24F3NO4/c27-26(28,29)22-9-14(1-6-19(22)15-2-4-17(31)10-15)13-34-18-5-8-23-21(12-18)20-7-3-16(11-24(32)33)25(20)30-23/h1,5-6,8-9,12,15-16,30H,2-4,7,10-11,13H2,(H,32,33). The number of aromatic nitrogens is 1. The van der Waals surface area contributed by atoms with E-state index in [9.17, 15) is 22.8 Å². The van der Waals surface area contributed by atoms with Crippen LogP contribution in [0, 0.1) is 0 Å². The summed E-state index contributed by atoms with van der Waals surface area (Å²) in [4.78, 5) is 26.0. The Morgan fingerprint density at radius 2 is 1.94 bits per heavy atom. The molecule has 2 aliphatic rings. The summed E-state index contributed by atoms with van der Waals surface area (Å²) in [7, 11) is 0. The number of carboxylic acid groups (broad SMARTS) is 1. The van der Waals surface area contributed by atoms with E-state index in [0.717, 1.165) is 41.1 Å². The Morgan fingerprint density at radius 3 is 2.65 bits per heavy atom. The molecule has 3 aromatic rings. The number of Topliss-reactive ketones (excluding diaryl/α,β-unsaturated/α-hetero) is 1. The van der Waals surface area contributed by atoms with Crippen LogP contribution >= 0.6 is 0 Å². The number of alkyl halides is 3. The Balaban J connectivity index is 1.36. The monoisotopic (exact) mass is 471 g/mol. The number of fused-ring (bicyclic) bond motifs is 3. The first kappa shape index (κ1) is 22.5. The number of carbonyl (C=O) groups excluding carboxylic acids is 1. The number of halogens is 3. The third-order valence-corrected chi connectivity index (χ3v) is 7.00. The molecule has 0 radical (unpaired) electrons. The quantitative estimate of drug-likeness (QED) is 0.455. The molecule has 5 nitrogen and oxygen atoms in total. The summed E-state index contributed by atoms with van der Waals surface area (Å²) in [5.74, 6) is -0.716. The van der Waals surface area contributed by atoms with Gasteiger partial charge in [-0.05, 0) is 66.1 Å². The molecule has 8 heteroatoms. The summed E-state index contributed by atoms with van der Waals surface area (Å²) >= 11 is 0. The lowest BCUT2D eigenvalue weighted by Gasteiger charge is -2.18. The van der Waals surface area contributed by atoms with E-state index in [0.29, 0.717) is 24.2 Å². The van der Waals surface area contributed by atoms with Crippen LogP contribution in [0.4, 0.5) is 13.2 Å². The Morgan fingerprint density at radius 1 is 1.12 bits per heavy atom. The molecule has 34 heavy (non-hydrogen) atoms. The molecular weight excluding hydrogens is 447 g/mol. The molecule has 1 aromatic heterocycles. The molecule has 2 aliphatic carbocycles. The third kappa shape index (κ3) is 4.29. The third-order valence-electron chi connectivity index (χ3n) is 7.00. The molecule has 0 amide bonds. The van der Waals surface area contributed by atoms with Crippen molar-refractivity contribution in [1.82, 2.24) is 4.98 Å². The summed E-state index contributed by atoms with van der Waals surface area (Å²) in [5.41, 5.74) is 2.81. The Bertz CT molecular complexity index is 1280. The topological polar surface area (TPSA) is 79.4 Å². The summed E-state index contributed by atoms with van der Waals surface area (Å²) in [6.45, 7) is -0.0211. The molecule has 2 unspecified atom stereocenters. The maximum absolute atomic E-state index is 13.8. The lowest BCUT2D eigenvalue weighted by atomic mass is 9.91. The number of ketones is 1. The van der Waals surface area contributed by atoms with E-state index in [4.69, 9.17) is 9.84 Å². The maximum atomic E-state index is 13.8. The van der Waals surface area contributed by atoms with Crippen LogP contribution in [0.15, 0.2) is 36.4 Å². The molecule has 1 saturated carbocycles. The molecule has 1 heterocycles. The summed E-state index contributed by atoms with van der Waals surface area (Å²) in [5, 5.41) is 10.1. The minimum absolute atomic E-state index is 0.00597. The van der Waals surface area contributed by atoms with Gasteiger partial charge in [0.15, 0.2) is 0 Å². The number of aliphatic carboxylic acids is 1. The van der Waals surface area contributed by atoms with Crippen LogP contribution in [-0.2, 0) is 28.8 Å². The highest BCUT2D eigenvalue weighted by molar-refractivity contribution is 5.87. The average molecular weight is 471 g/mol. The number of benzene rings is 2. The number of aryl methyl sites for hydroxylation is 1. The second kappa shape index (κ2) is 8.49. The zero-order chi connectivity index (χ0) is 24.0. The first-order valence-electron chi connectivity index (χ1n) is 11.4. The van der Waals surface area contributed by atoms with Crippen LogP contribution in [0.2, 0.25) is 0 Å². The maximum Gasteiger partial charge on any atom is 0.416 e. The number of H-pyrrole nitrogens is 1. The van der Waals surface area contributed by atoms with E-state index in [2.05, 4.69) is 4.98 Å². The predicted molar refractivity (Wildman–Crippen MR) is 119 cm³/mol. The number of carbonyl (C=O) groups is 2. The van der Waals surface area contributed by atoms with Crippen molar-refractivity contribution in [3.8, 4) is 5.75 Å². The van der Waals surface area contributed by atoms with Gasteiger partial charge >= 0.3 is 12.1 Å². The minimum Gasteiger partial charge on any atom is -0.489 e. The predicted octanol–water partition coefficient (Wildman–Crippen LogP) is 6.11. The van der Waals surface area contributed by atoms with Gasteiger partial charge in [0.2, 0.25) is 0 Å². The minimum atomic E-state index is -4.51. The summed E-state index contributed by atoms with van der Waals surface area (Å²) < 4.78 is 47.1. The van der Waals surface area contributed by atoms with Crippen molar-refractivity contribution in [2.45, 2.75) is 63.1 Å². The molecule has 1 fully saturated rings. The van der Waals surface area contributed by atoms with Gasteiger partial charge in [-0.3, -0.25) is 9.59 Å². The van der Waals surface area contributed by atoms with Gasteiger partial charge in [-0.2, -0.15) is 13.2 Å². The number of rotatable bonds is 6. The highest BCUT2D eigenvalue weighted by Gasteiger charge is 2.37. The molecule has 0 spiro atoms. The fourth-order valence-electron chi connectivity index (χ4n) is 5.37. The number of hydrogen-bond acceptors (Lipinski definition) is 3. The number of hydrogen-bond donors (Lipinski definition) is 2. The Kier molecular flexibility index (Phi) is 5.62. The van der Waals surface area contributed by atoms with Crippen molar-refractivity contribution < 1.29 is 32.6 Å². The molecule has 0 bridgehead atoms. The number of nitrogens with one attached hydrogen (secondary N) is 1. The highest BCUT2D eigenvalue weighted by atomic mass is 19.4. The number of carboxylic acids is 1. The molecule has 2 N–H and O–H groups in total. The Labute approximate surface area is 193 Å². The molecule has 2 aromatic carbocycles. The molecule has 0 saturated heterocycles. The van der Waals surface area contributed by atoms with Crippen molar-refractivity contribution in [3.63, 3.8) is 0 Å². The van der Waals surface area contributed by atoms with Gasteiger partial charge in [0.25, 0.3) is 0 Å². The lowest BCUT2D eigenvalue weighted by Crippen LogP contribution is -2.12. The van der Waals surface area contributed by atoms with E-state index in [1.165, 1.54) is 6.07 Å². The first-order chi connectivity index (χ1) is 16.2. The largest absolute Gasteiger partial charge is 0.489 e. The van der Waals surface area contributed by atoms with Crippen LogP contribution < -0.4 is 4.74 Å². The lowest BCUT2D eigenvalue weighted by molar-refractivity contribution is -0.139. The van der Waals surface area contributed by atoms with Crippen LogP contribution in [0.25, 0.3) is 10.9 Å². The van der Waals surface area contributed by atoms with Gasteiger partial charge < -0.3 is 14.8 Å². The van der Waals surface area contributed by atoms with Crippen molar-refractivity contribution >= 4 is 22.7 Å². The zero-order valence-electron chi connectivity index (χ0n) is 18.4. The molecule has 5 rings (SSSR count). The first-order valence-corrected chi connectivity index (χ1v) is 11.4. The van der Waals surface area contributed by atoms with Gasteiger partial charge in [0.1, 0.15) is 18.1 Å². The van der Waals surface area contributed by atoms with Gasteiger partial charge in [0.05, 0.1) is 12.0 Å². The van der Waals surface area contributed by atoms with Crippen molar-refractivity contribution in [3.05, 3.63) is 64.3 Å². The normalized spacial score (nSPS) is 20.1. The molecule has 0 aliphatic heterocycles. The van der Waals surface area contributed by atoms with Crippen molar-refractivity contribution in [1.29, 1.82) is 0 Å². The van der Waals surface area contributed by atoms with E-state index >= 15 is 0 Å². The summed E-state index contributed by atoms with van der Waals surface area (Å²) in [6, 6.07) is 9.70. The van der Waals surface area contributed by atoms with E-state index < -0.39 is 17.7 Å². The zero-order valence-corrected chi connectivity index (χ0v) is 18.4. The molecule has 178 valence electrons. The van der Waals surface area contributed by atoms with E-state index in [1.54, 1.807) is 12.1 Å². The van der Waals surface area contributed by atoms with Crippen LogP contribution in [0.5, 0.6) is 5.75 Å². The van der Waals surface area contributed by atoms with Crippen LogP contribution in [0.3, 0.4) is 0 Å². The van der Waals surface area contributed by atoms with Gasteiger partial charge in [0, 0.05) is 35.4 Å². The average Bonchev–Trinajstić information content (AvgIpc) is 3.47. The number of ether oxygens (including phenoxy) is 1. The fraction of sp³-hybridized carbons (Fsp3) is 0.385. The van der Waals surface area contributed by atoms with Crippen LogP contribution in [0.1, 0.15) is 71.9 Å². The van der Waals surface area contributed by atoms with Crippen molar-refractivity contribution in [2.24, 2.45) is 0 Å². The number of aromatic amines is 1. The smallest absolute Gasteiger partial charge is 0.416 e.